The van der Waals surface area contributed by atoms with Crippen molar-refractivity contribution in [2.45, 2.75) is 30.8 Å². The molecular weight excluding hydrogens is 386 g/mol. The molecule has 0 bridgehead atoms. The van der Waals surface area contributed by atoms with E-state index in [1.54, 1.807) is 23.1 Å². The molecule has 5 aromatic rings. The third-order valence-electron chi connectivity index (χ3n) is 4.67. The molecule has 4 aromatic heterocycles. The third-order valence-corrected chi connectivity index (χ3v) is 6.61. The summed E-state index contributed by atoms with van der Waals surface area (Å²) in [6.45, 7) is 4.35. The molecule has 0 amide bonds. The highest BCUT2D eigenvalue weighted by Crippen LogP contribution is 2.36. The first-order chi connectivity index (χ1) is 13.7. The molecule has 5 rings (SSSR count). The van der Waals surface area contributed by atoms with Gasteiger partial charge in [-0.05, 0) is 32.0 Å². The minimum absolute atomic E-state index is 0.271. The maximum atomic E-state index is 4.69. The zero-order valence-electron chi connectivity index (χ0n) is 15.6. The molecule has 4 heterocycles. The fraction of sp³-hybridized carbons (Fsp3) is 0.190. The van der Waals surface area contributed by atoms with Gasteiger partial charge in [-0.1, -0.05) is 36.0 Å². The summed E-state index contributed by atoms with van der Waals surface area (Å²) < 4.78 is 5.55. The Balaban J connectivity index is 1.48. The lowest BCUT2D eigenvalue weighted by Crippen LogP contribution is -2.05. The number of hydrogen-bond donors (Lipinski definition) is 0. The lowest BCUT2D eigenvalue weighted by atomic mass is 10.1. The van der Waals surface area contributed by atoms with Gasteiger partial charge in [-0.15, -0.1) is 21.5 Å². The molecule has 0 atom stereocenters. The van der Waals surface area contributed by atoms with Crippen LogP contribution in [-0.2, 0) is 5.75 Å². The lowest BCUT2D eigenvalue weighted by molar-refractivity contribution is 0.555. The molecule has 7 heteroatoms. The maximum absolute atomic E-state index is 4.69. The third kappa shape index (κ3) is 3.00. The van der Waals surface area contributed by atoms with Gasteiger partial charge >= 0.3 is 0 Å². The number of aromatic nitrogens is 5. The lowest BCUT2D eigenvalue weighted by Gasteiger charge is -2.13. The molecule has 0 saturated heterocycles. The van der Waals surface area contributed by atoms with Crippen molar-refractivity contribution >= 4 is 38.8 Å². The summed E-state index contributed by atoms with van der Waals surface area (Å²) >= 11 is 3.43. The SMILES string of the molecule is CC(C)n1c(SCc2cn3ccccc3n2)nnc1-c1csc2ccccc12. The summed E-state index contributed by atoms with van der Waals surface area (Å²) in [5.74, 6) is 1.70. The smallest absolute Gasteiger partial charge is 0.192 e. The quantitative estimate of drug-likeness (QED) is 0.353. The number of benzene rings is 1. The van der Waals surface area contributed by atoms with Crippen molar-refractivity contribution in [2.75, 3.05) is 0 Å². The van der Waals surface area contributed by atoms with Gasteiger partial charge in [0, 0.05) is 45.2 Å². The molecule has 1 aromatic carbocycles. The van der Waals surface area contributed by atoms with E-state index in [1.807, 2.05) is 28.8 Å². The minimum Gasteiger partial charge on any atom is -0.307 e. The average Bonchev–Trinajstić information content (AvgIpc) is 3.41. The van der Waals surface area contributed by atoms with Crippen LogP contribution in [0.4, 0.5) is 0 Å². The van der Waals surface area contributed by atoms with Gasteiger partial charge in [-0.3, -0.25) is 4.57 Å². The molecule has 0 aliphatic rings. The van der Waals surface area contributed by atoms with E-state index in [9.17, 15) is 0 Å². The predicted octanol–water partition coefficient (Wildman–Crippen LogP) is 5.68. The second-order valence-electron chi connectivity index (χ2n) is 6.90. The molecule has 0 unspecified atom stereocenters. The molecule has 140 valence electrons. The van der Waals surface area contributed by atoms with Gasteiger partial charge in [0.05, 0.1) is 5.69 Å². The first kappa shape index (κ1) is 17.5. The first-order valence-electron chi connectivity index (χ1n) is 9.17. The van der Waals surface area contributed by atoms with Crippen molar-refractivity contribution in [1.29, 1.82) is 0 Å². The van der Waals surface area contributed by atoms with Gasteiger partial charge in [-0.2, -0.15) is 0 Å². The highest BCUT2D eigenvalue weighted by molar-refractivity contribution is 7.98. The molecular formula is C21H19N5S2. The fourth-order valence-corrected chi connectivity index (χ4v) is 5.26. The number of fused-ring (bicyclic) bond motifs is 2. The van der Waals surface area contributed by atoms with Gasteiger partial charge in [0.25, 0.3) is 0 Å². The molecule has 0 saturated carbocycles. The first-order valence-corrected chi connectivity index (χ1v) is 11.0. The van der Waals surface area contributed by atoms with E-state index in [4.69, 9.17) is 0 Å². The Kier molecular flexibility index (Phi) is 4.41. The van der Waals surface area contributed by atoms with Crippen LogP contribution in [0.15, 0.2) is 65.4 Å². The highest BCUT2D eigenvalue weighted by Gasteiger charge is 2.19. The standard InChI is InChI=1S/C21H19N5S2/c1-14(2)26-20(17-13-27-18-8-4-3-7-16(17)18)23-24-21(26)28-12-15-11-25-10-6-5-9-19(25)22-15/h3-11,13-14H,12H2,1-2H3. The van der Waals surface area contributed by atoms with Crippen molar-refractivity contribution in [1.82, 2.24) is 24.1 Å². The van der Waals surface area contributed by atoms with Crippen molar-refractivity contribution < 1.29 is 0 Å². The number of hydrogen-bond acceptors (Lipinski definition) is 5. The molecule has 0 fully saturated rings. The Morgan fingerprint density at radius 1 is 1.07 bits per heavy atom. The molecule has 0 aliphatic heterocycles. The Bertz CT molecular complexity index is 1230. The van der Waals surface area contributed by atoms with Crippen LogP contribution in [0.25, 0.3) is 27.1 Å². The average molecular weight is 406 g/mol. The van der Waals surface area contributed by atoms with Crippen molar-refractivity contribution in [3.63, 3.8) is 0 Å². The predicted molar refractivity (Wildman–Crippen MR) is 116 cm³/mol. The van der Waals surface area contributed by atoms with Crippen molar-refractivity contribution in [3.8, 4) is 11.4 Å². The maximum Gasteiger partial charge on any atom is 0.192 e. The summed E-state index contributed by atoms with van der Waals surface area (Å²) in [7, 11) is 0. The normalized spacial score (nSPS) is 11.8. The number of imidazole rings is 1. The molecule has 0 N–H and O–H groups in total. The molecule has 5 nitrogen and oxygen atoms in total. The van der Waals surface area contributed by atoms with Crippen LogP contribution in [0.5, 0.6) is 0 Å². The number of rotatable bonds is 5. The van der Waals surface area contributed by atoms with E-state index in [1.165, 1.54) is 10.1 Å². The van der Waals surface area contributed by atoms with Crippen LogP contribution >= 0.6 is 23.1 Å². The van der Waals surface area contributed by atoms with Crippen LogP contribution < -0.4 is 0 Å². The van der Waals surface area contributed by atoms with Crippen LogP contribution in [0.2, 0.25) is 0 Å². The van der Waals surface area contributed by atoms with Gasteiger partial charge in [0.1, 0.15) is 5.65 Å². The van der Waals surface area contributed by atoms with E-state index in [2.05, 4.69) is 69.4 Å². The van der Waals surface area contributed by atoms with E-state index in [0.717, 1.165) is 33.6 Å². The summed E-state index contributed by atoms with van der Waals surface area (Å²) in [5.41, 5.74) is 3.16. The van der Waals surface area contributed by atoms with Crippen molar-refractivity contribution in [2.24, 2.45) is 0 Å². The number of thiophene rings is 1. The van der Waals surface area contributed by atoms with Gasteiger partial charge < -0.3 is 4.40 Å². The van der Waals surface area contributed by atoms with Gasteiger partial charge in [-0.25, -0.2) is 4.98 Å². The Hall–Kier alpha value is -2.64. The van der Waals surface area contributed by atoms with E-state index in [0.29, 0.717) is 0 Å². The summed E-state index contributed by atoms with van der Waals surface area (Å²) in [6.07, 6.45) is 4.10. The van der Waals surface area contributed by atoms with E-state index < -0.39 is 0 Å². The Morgan fingerprint density at radius 3 is 2.79 bits per heavy atom. The van der Waals surface area contributed by atoms with E-state index >= 15 is 0 Å². The zero-order chi connectivity index (χ0) is 19.1. The van der Waals surface area contributed by atoms with Gasteiger partial charge in [0.2, 0.25) is 0 Å². The van der Waals surface area contributed by atoms with Crippen LogP contribution in [0, 0.1) is 0 Å². The largest absolute Gasteiger partial charge is 0.307 e. The fourth-order valence-electron chi connectivity index (χ4n) is 3.37. The minimum atomic E-state index is 0.271. The summed E-state index contributed by atoms with van der Waals surface area (Å²) in [6, 6.07) is 14.8. The molecule has 0 aliphatic carbocycles. The number of nitrogens with zero attached hydrogens (tertiary/aromatic N) is 5. The monoisotopic (exact) mass is 405 g/mol. The second kappa shape index (κ2) is 7.07. The van der Waals surface area contributed by atoms with E-state index in [-0.39, 0.29) is 6.04 Å². The number of pyridine rings is 1. The molecule has 0 radical (unpaired) electrons. The highest BCUT2D eigenvalue weighted by atomic mass is 32.2. The molecule has 0 spiro atoms. The number of thioether (sulfide) groups is 1. The Morgan fingerprint density at radius 2 is 1.93 bits per heavy atom. The van der Waals surface area contributed by atoms with Crippen LogP contribution in [0.1, 0.15) is 25.6 Å². The van der Waals surface area contributed by atoms with Crippen LogP contribution in [0.3, 0.4) is 0 Å². The Labute approximate surface area is 171 Å². The summed E-state index contributed by atoms with van der Waals surface area (Å²) in [5, 5.41) is 13.4. The second-order valence-corrected chi connectivity index (χ2v) is 8.76. The van der Waals surface area contributed by atoms with Crippen LogP contribution in [-0.4, -0.2) is 24.1 Å². The summed E-state index contributed by atoms with van der Waals surface area (Å²) in [4.78, 5) is 4.69. The van der Waals surface area contributed by atoms with Gasteiger partial charge in [0.15, 0.2) is 11.0 Å². The topological polar surface area (TPSA) is 48.0 Å². The zero-order valence-corrected chi connectivity index (χ0v) is 17.2. The molecule has 28 heavy (non-hydrogen) atoms. The van der Waals surface area contributed by atoms with Crippen molar-refractivity contribution in [3.05, 3.63) is 65.9 Å².